The third-order valence-electron chi connectivity index (χ3n) is 3.34. The number of aryl methyl sites for hydroxylation is 1. The Balaban J connectivity index is 1.72. The molecule has 0 aromatic heterocycles. The van der Waals surface area contributed by atoms with Crippen LogP contribution in [0.4, 0.5) is 5.69 Å². The van der Waals surface area contributed by atoms with Crippen molar-refractivity contribution in [2.75, 3.05) is 12.3 Å². The molecule has 100 valence electrons. The molecule has 0 aliphatic rings. The van der Waals surface area contributed by atoms with E-state index >= 15 is 0 Å². The minimum absolute atomic E-state index is 0.405. The van der Waals surface area contributed by atoms with E-state index in [-0.39, 0.29) is 0 Å². The topological polar surface area (TPSA) is 38.0 Å². The molecular weight excluding hydrogens is 232 g/mol. The van der Waals surface area contributed by atoms with Gasteiger partial charge in [-0.15, -0.1) is 0 Å². The molecule has 3 N–H and O–H groups in total. The van der Waals surface area contributed by atoms with Crippen LogP contribution in [0.5, 0.6) is 0 Å². The van der Waals surface area contributed by atoms with Crippen LogP contribution in [0.25, 0.3) is 0 Å². The van der Waals surface area contributed by atoms with Crippen LogP contribution in [-0.4, -0.2) is 6.54 Å². The molecule has 2 nitrogen and oxygen atoms in total. The Morgan fingerprint density at radius 2 is 1.84 bits per heavy atom. The first-order valence-corrected chi connectivity index (χ1v) is 6.88. The predicted molar refractivity (Wildman–Crippen MR) is 82.0 cm³/mol. The standard InChI is InChI=1S/C17H22N2/c1-14(16-9-3-2-4-10-16)19-12-6-8-15-7-5-11-17(18)13-15/h2-5,7,9-11,13-14,19H,6,8,12,18H2,1H3. The van der Waals surface area contributed by atoms with Gasteiger partial charge in [-0.3, -0.25) is 0 Å². The van der Waals surface area contributed by atoms with E-state index in [0.717, 1.165) is 25.1 Å². The molecule has 0 spiro atoms. The molecule has 0 saturated heterocycles. The second-order valence-electron chi connectivity index (χ2n) is 4.94. The fraction of sp³-hybridized carbons (Fsp3) is 0.294. The maximum atomic E-state index is 5.77. The van der Waals surface area contributed by atoms with E-state index in [2.05, 4.69) is 54.7 Å². The number of benzene rings is 2. The lowest BCUT2D eigenvalue weighted by Crippen LogP contribution is -2.20. The Labute approximate surface area is 115 Å². The first-order chi connectivity index (χ1) is 9.25. The molecule has 1 unspecified atom stereocenters. The first kappa shape index (κ1) is 13.6. The van der Waals surface area contributed by atoms with Gasteiger partial charge in [-0.2, -0.15) is 0 Å². The normalized spacial score (nSPS) is 12.3. The van der Waals surface area contributed by atoms with Crippen molar-refractivity contribution in [3.05, 3.63) is 65.7 Å². The molecule has 0 aliphatic carbocycles. The average Bonchev–Trinajstić information content (AvgIpc) is 2.44. The SMILES string of the molecule is CC(NCCCc1cccc(N)c1)c1ccccc1. The molecule has 19 heavy (non-hydrogen) atoms. The van der Waals surface area contributed by atoms with Gasteiger partial charge in [0.05, 0.1) is 0 Å². The quantitative estimate of drug-likeness (QED) is 0.611. The Bertz CT molecular complexity index is 494. The number of hydrogen-bond donors (Lipinski definition) is 2. The fourth-order valence-electron chi connectivity index (χ4n) is 2.22. The van der Waals surface area contributed by atoms with Gasteiger partial charge < -0.3 is 11.1 Å². The summed E-state index contributed by atoms with van der Waals surface area (Å²) >= 11 is 0. The molecule has 2 aromatic carbocycles. The zero-order valence-electron chi connectivity index (χ0n) is 11.5. The van der Waals surface area contributed by atoms with E-state index in [1.807, 2.05) is 12.1 Å². The Morgan fingerprint density at radius 1 is 1.05 bits per heavy atom. The van der Waals surface area contributed by atoms with Crippen molar-refractivity contribution >= 4 is 5.69 Å². The molecule has 0 bridgehead atoms. The predicted octanol–water partition coefficient (Wildman–Crippen LogP) is 3.55. The van der Waals surface area contributed by atoms with Gasteiger partial charge in [0.2, 0.25) is 0 Å². The second kappa shape index (κ2) is 6.95. The molecule has 2 aromatic rings. The minimum atomic E-state index is 0.405. The Hall–Kier alpha value is -1.80. The van der Waals surface area contributed by atoms with Gasteiger partial charge in [0.15, 0.2) is 0 Å². The number of nitrogens with one attached hydrogen (secondary N) is 1. The third kappa shape index (κ3) is 4.42. The summed E-state index contributed by atoms with van der Waals surface area (Å²) in [7, 11) is 0. The van der Waals surface area contributed by atoms with Gasteiger partial charge in [-0.1, -0.05) is 42.5 Å². The Morgan fingerprint density at radius 3 is 2.58 bits per heavy atom. The lowest BCUT2D eigenvalue weighted by Gasteiger charge is -2.14. The molecular formula is C17H22N2. The van der Waals surface area contributed by atoms with Crippen LogP contribution in [0.1, 0.15) is 30.5 Å². The summed E-state index contributed by atoms with van der Waals surface area (Å²) in [6.45, 7) is 3.22. The van der Waals surface area contributed by atoms with Crippen LogP contribution in [0.15, 0.2) is 54.6 Å². The van der Waals surface area contributed by atoms with E-state index < -0.39 is 0 Å². The van der Waals surface area contributed by atoms with Gasteiger partial charge in [0, 0.05) is 11.7 Å². The van der Waals surface area contributed by atoms with Gasteiger partial charge in [-0.25, -0.2) is 0 Å². The van der Waals surface area contributed by atoms with Crippen molar-refractivity contribution in [3.8, 4) is 0 Å². The number of nitrogen functional groups attached to an aromatic ring is 1. The van der Waals surface area contributed by atoms with Crippen LogP contribution in [-0.2, 0) is 6.42 Å². The molecule has 2 heteroatoms. The number of rotatable bonds is 6. The van der Waals surface area contributed by atoms with E-state index in [1.54, 1.807) is 0 Å². The number of nitrogens with two attached hydrogens (primary N) is 1. The smallest absolute Gasteiger partial charge is 0.0316 e. The van der Waals surface area contributed by atoms with E-state index in [9.17, 15) is 0 Å². The van der Waals surface area contributed by atoms with Crippen LogP contribution in [0.2, 0.25) is 0 Å². The molecule has 1 atom stereocenters. The van der Waals surface area contributed by atoms with Crippen molar-refractivity contribution in [3.63, 3.8) is 0 Å². The van der Waals surface area contributed by atoms with Crippen LogP contribution in [0, 0.1) is 0 Å². The first-order valence-electron chi connectivity index (χ1n) is 6.88. The van der Waals surface area contributed by atoms with Crippen molar-refractivity contribution in [2.24, 2.45) is 0 Å². The molecule has 0 heterocycles. The van der Waals surface area contributed by atoms with Crippen LogP contribution >= 0.6 is 0 Å². The second-order valence-corrected chi connectivity index (χ2v) is 4.94. The third-order valence-corrected chi connectivity index (χ3v) is 3.34. The van der Waals surface area contributed by atoms with Gasteiger partial charge in [0.1, 0.15) is 0 Å². The monoisotopic (exact) mass is 254 g/mol. The van der Waals surface area contributed by atoms with Crippen LogP contribution < -0.4 is 11.1 Å². The largest absolute Gasteiger partial charge is 0.399 e. The fourth-order valence-corrected chi connectivity index (χ4v) is 2.22. The highest BCUT2D eigenvalue weighted by Gasteiger charge is 2.02. The van der Waals surface area contributed by atoms with E-state index in [4.69, 9.17) is 5.73 Å². The lowest BCUT2D eigenvalue weighted by atomic mass is 10.1. The molecule has 0 fully saturated rings. The summed E-state index contributed by atoms with van der Waals surface area (Å²) in [6, 6.07) is 19.1. The molecule has 0 saturated carbocycles. The van der Waals surface area contributed by atoms with Gasteiger partial charge in [-0.05, 0) is 49.6 Å². The average molecular weight is 254 g/mol. The number of anilines is 1. The molecule has 0 aliphatic heterocycles. The summed E-state index contributed by atoms with van der Waals surface area (Å²) < 4.78 is 0. The highest BCUT2D eigenvalue weighted by molar-refractivity contribution is 5.40. The van der Waals surface area contributed by atoms with E-state index in [1.165, 1.54) is 11.1 Å². The van der Waals surface area contributed by atoms with Crippen molar-refractivity contribution in [2.45, 2.75) is 25.8 Å². The highest BCUT2D eigenvalue weighted by atomic mass is 14.9. The molecule has 0 amide bonds. The number of hydrogen-bond acceptors (Lipinski definition) is 2. The van der Waals surface area contributed by atoms with Crippen molar-refractivity contribution in [1.82, 2.24) is 5.32 Å². The van der Waals surface area contributed by atoms with Crippen molar-refractivity contribution in [1.29, 1.82) is 0 Å². The summed E-state index contributed by atoms with van der Waals surface area (Å²) in [5.74, 6) is 0. The molecule has 2 rings (SSSR count). The highest BCUT2D eigenvalue weighted by Crippen LogP contribution is 2.12. The maximum absolute atomic E-state index is 5.77. The van der Waals surface area contributed by atoms with Gasteiger partial charge in [0.25, 0.3) is 0 Å². The summed E-state index contributed by atoms with van der Waals surface area (Å²) in [5.41, 5.74) is 9.27. The summed E-state index contributed by atoms with van der Waals surface area (Å²) in [4.78, 5) is 0. The maximum Gasteiger partial charge on any atom is 0.0316 e. The zero-order chi connectivity index (χ0) is 13.5. The van der Waals surface area contributed by atoms with Gasteiger partial charge >= 0.3 is 0 Å². The summed E-state index contributed by atoms with van der Waals surface area (Å²) in [5, 5.41) is 3.55. The van der Waals surface area contributed by atoms with E-state index in [0.29, 0.717) is 6.04 Å². The lowest BCUT2D eigenvalue weighted by molar-refractivity contribution is 0.558. The molecule has 0 radical (unpaired) electrons. The van der Waals surface area contributed by atoms with Crippen LogP contribution in [0.3, 0.4) is 0 Å². The Kier molecular flexibility index (Phi) is 4.99. The minimum Gasteiger partial charge on any atom is -0.399 e. The summed E-state index contributed by atoms with van der Waals surface area (Å²) in [6.07, 6.45) is 2.19. The zero-order valence-corrected chi connectivity index (χ0v) is 11.5. The van der Waals surface area contributed by atoms with Crippen molar-refractivity contribution < 1.29 is 0 Å².